The number of aromatic nitrogens is 2. The average molecular weight is 462 g/mol. The van der Waals surface area contributed by atoms with Crippen molar-refractivity contribution in [2.75, 3.05) is 13.1 Å². The van der Waals surface area contributed by atoms with Crippen LogP contribution in [0.5, 0.6) is 5.75 Å². The SMILES string of the molecule is NC1=C(c2ncc(Cl)cn2)CN(C(=O)c2ccc(F)cc2OC2CC3CC(F)C(C2)N3)C1. The van der Waals surface area contributed by atoms with Crippen LogP contribution in [0.2, 0.25) is 5.02 Å². The second kappa shape index (κ2) is 8.29. The average Bonchev–Trinajstić information content (AvgIpc) is 3.27. The molecule has 4 heterocycles. The van der Waals surface area contributed by atoms with Crippen molar-refractivity contribution in [2.45, 2.75) is 43.6 Å². The lowest BCUT2D eigenvalue weighted by Gasteiger charge is -2.30. The Balaban J connectivity index is 1.34. The maximum absolute atomic E-state index is 14.0. The summed E-state index contributed by atoms with van der Waals surface area (Å²) in [7, 11) is 0. The summed E-state index contributed by atoms with van der Waals surface area (Å²) in [4.78, 5) is 23.2. The molecule has 3 aliphatic rings. The molecule has 10 heteroatoms. The molecule has 4 unspecified atom stereocenters. The molecule has 0 radical (unpaired) electrons. The Hall–Kier alpha value is -2.78. The Kier molecular flexibility index (Phi) is 5.46. The van der Waals surface area contributed by atoms with E-state index in [0.717, 1.165) is 0 Å². The Morgan fingerprint density at radius 2 is 2.00 bits per heavy atom. The predicted octanol–water partition coefficient (Wildman–Crippen LogP) is 2.70. The molecule has 2 fully saturated rings. The maximum atomic E-state index is 14.0. The number of piperidine rings is 1. The fourth-order valence-corrected chi connectivity index (χ4v) is 4.78. The monoisotopic (exact) mass is 461 g/mol. The summed E-state index contributed by atoms with van der Waals surface area (Å²) in [6.45, 7) is 0.405. The molecule has 1 aromatic heterocycles. The van der Waals surface area contributed by atoms with Crippen molar-refractivity contribution in [3.8, 4) is 5.75 Å². The minimum Gasteiger partial charge on any atom is -0.489 e. The van der Waals surface area contributed by atoms with Crippen molar-refractivity contribution in [2.24, 2.45) is 5.73 Å². The van der Waals surface area contributed by atoms with E-state index < -0.39 is 12.0 Å². The third-order valence-electron chi connectivity index (χ3n) is 6.20. The van der Waals surface area contributed by atoms with Gasteiger partial charge >= 0.3 is 0 Å². The third-order valence-corrected chi connectivity index (χ3v) is 6.40. The zero-order valence-electron chi connectivity index (χ0n) is 17.1. The van der Waals surface area contributed by atoms with Gasteiger partial charge in [-0.1, -0.05) is 11.6 Å². The van der Waals surface area contributed by atoms with E-state index in [1.165, 1.54) is 35.5 Å². The van der Waals surface area contributed by atoms with Crippen LogP contribution in [0.4, 0.5) is 8.78 Å². The highest BCUT2D eigenvalue weighted by molar-refractivity contribution is 6.30. The molecule has 168 valence electrons. The van der Waals surface area contributed by atoms with Gasteiger partial charge in [-0.05, 0) is 25.0 Å². The van der Waals surface area contributed by atoms with E-state index in [1.807, 2.05) is 0 Å². The normalized spacial score (nSPS) is 27.2. The summed E-state index contributed by atoms with van der Waals surface area (Å²) >= 11 is 5.85. The van der Waals surface area contributed by atoms with Crippen molar-refractivity contribution in [1.29, 1.82) is 0 Å². The number of amides is 1. The number of benzene rings is 1. The van der Waals surface area contributed by atoms with Crippen LogP contribution >= 0.6 is 11.6 Å². The number of ether oxygens (including phenoxy) is 1. The molecule has 3 N–H and O–H groups in total. The predicted molar refractivity (Wildman–Crippen MR) is 114 cm³/mol. The molecule has 2 saturated heterocycles. The van der Waals surface area contributed by atoms with Crippen LogP contribution in [-0.4, -0.2) is 58.2 Å². The van der Waals surface area contributed by atoms with Gasteiger partial charge in [0, 0.05) is 48.2 Å². The Morgan fingerprint density at radius 3 is 2.75 bits per heavy atom. The number of nitrogens with zero attached hydrogens (tertiary/aromatic N) is 3. The number of nitrogens with one attached hydrogen (secondary N) is 1. The molecule has 0 aliphatic carbocycles. The topological polar surface area (TPSA) is 93.4 Å². The molecule has 0 spiro atoms. The van der Waals surface area contributed by atoms with Gasteiger partial charge in [-0.15, -0.1) is 0 Å². The minimum absolute atomic E-state index is 0.0333. The Morgan fingerprint density at radius 1 is 1.22 bits per heavy atom. The number of fused-ring (bicyclic) bond motifs is 2. The van der Waals surface area contributed by atoms with E-state index in [1.54, 1.807) is 0 Å². The van der Waals surface area contributed by atoms with Crippen LogP contribution in [0.3, 0.4) is 0 Å². The molecular formula is C22H22ClF2N5O2. The standard InChI is InChI=1S/C22H22ClF2N5O2/c23-11-7-27-21(28-8-11)16-9-30(10-18(16)26)22(31)15-2-1-12(24)3-20(15)32-14-4-13-5-17(25)19(6-14)29-13/h1-3,7-8,13-14,17,19,29H,4-6,9-10,26H2. The number of hydrogen-bond acceptors (Lipinski definition) is 6. The van der Waals surface area contributed by atoms with Gasteiger partial charge in [-0.3, -0.25) is 4.79 Å². The zero-order chi connectivity index (χ0) is 22.4. The summed E-state index contributed by atoms with van der Waals surface area (Å²) in [5.74, 6) is -0.284. The number of rotatable bonds is 4. The number of halogens is 3. The van der Waals surface area contributed by atoms with E-state index in [-0.39, 0.29) is 48.5 Å². The molecule has 3 aliphatic heterocycles. The van der Waals surface area contributed by atoms with Gasteiger partial charge in [0.25, 0.3) is 5.91 Å². The van der Waals surface area contributed by atoms with Gasteiger partial charge in [0.2, 0.25) is 0 Å². The van der Waals surface area contributed by atoms with Crippen LogP contribution in [-0.2, 0) is 0 Å². The molecule has 4 atom stereocenters. The van der Waals surface area contributed by atoms with Crippen LogP contribution in [0.25, 0.3) is 5.57 Å². The number of nitrogens with two attached hydrogens (primary N) is 1. The first-order chi connectivity index (χ1) is 15.4. The summed E-state index contributed by atoms with van der Waals surface area (Å²) in [5, 5.41) is 3.63. The maximum Gasteiger partial charge on any atom is 0.258 e. The number of alkyl halides is 1. The molecule has 2 bridgehead atoms. The van der Waals surface area contributed by atoms with Gasteiger partial charge < -0.3 is 20.7 Å². The van der Waals surface area contributed by atoms with E-state index in [2.05, 4.69) is 15.3 Å². The molecule has 0 saturated carbocycles. The fourth-order valence-electron chi connectivity index (χ4n) is 4.68. The van der Waals surface area contributed by atoms with Crippen molar-refractivity contribution < 1.29 is 18.3 Å². The minimum atomic E-state index is -0.908. The van der Waals surface area contributed by atoms with Crippen molar-refractivity contribution in [1.82, 2.24) is 20.2 Å². The van der Waals surface area contributed by atoms with Gasteiger partial charge in [-0.2, -0.15) is 0 Å². The summed E-state index contributed by atoms with van der Waals surface area (Å²) < 4.78 is 34.1. The first-order valence-corrected chi connectivity index (χ1v) is 10.9. The number of carbonyl (C=O) groups excluding carboxylic acids is 1. The summed E-state index contributed by atoms with van der Waals surface area (Å²) in [6.07, 6.45) is 3.27. The highest BCUT2D eigenvalue weighted by atomic mass is 35.5. The molecule has 1 amide bonds. The fraction of sp³-hybridized carbons (Fsp3) is 0.409. The van der Waals surface area contributed by atoms with E-state index in [9.17, 15) is 13.6 Å². The highest BCUT2D eigenvalue weighted by Crippen LogP contribution is 2.34. The molecule has 32 heavy (non-hydrogen) atoms. The molecule has 1 aromatic carbocycles. The zero-order valence-corrected chi connectivity index (χ0v) is 17.9. The third kappa shape index (κ3) is 4.02. The van der Waals surface area contributed by atoms with Gasteiger partial charge in [-0.25, -0.2) is 18.7 Å². The quantitative estimate of drug-likeness (QED) is 0.727. The Bertz CT molecular complexity index is 1080. The van der Waals surface area contributed by atoms with Gasteiger partial charge in [0.1, 0.15) is 23.8 Å². The van der Waals surface area contributed by atoms with Crippen LogP contribution in [0, 0.1) is 5.82 Å². The molecule has 2 aromatic rings. The van der Waals surface area contributed by atoms with Crippen molar-refractivity contribution in [3.63, 3.8) is 0 Å². The molecule has 7 nitrogen and oxygen atoms in total. The molecule has 5 rings (SSSR count). The summed E-state index contributed by atoms with van der Waals surface area (Å²) in [5.41, 5.74) is 7.52. The van der Waals surface area contributed by atoms with Crippen LogP contribution < -0.4 is 15.8 Å². The number of carbonyl (C=O) groups is 1. The summed E-state index contributed by atoms with van der Waals surface area (Å²) in [6, 6.07) is 3.61. The van der Waals surface area contributed by atoms with Crippen molar-refractivity contribution in [3.05, 3.63) is 58.5 Å². The van der Waals surface area contributed by atoms with E-state index in [4.69, 9.17) is 22.1 Å². The van der Waals surface area contributed by atoms with E-state index >= 15 is 0 Å². The van der Waals surface area contributed by atoms with Crippen LogP contribution in [0.15, 0.2) is 36.3 Å². The largest absolute Gasteiger partial charge is 0.489 e. The Labute approximate surface area is 188 Å². The van der Waals surface area contributed by atoms with Crippen molar-refractivity contribution >= 4 is 23.1 Å². The number of hydrogen-bond donors (Lipinski definition) is 2. The van der Waals surface area contributed by atoms with Gasteiger partial charge in [0.15, 0.2) is 5.82 Å². The smallest absolute Gasteiger partial charge is 0.258 e. The second-order valence-electron chi connectivity index (χ2n) is 8.46. The first kappa shape index (κ1) is 21.1. The lowest BCUT2D eigenvalue weighted by molar-refractivity contribution is 0.0784. The first-order valence-electron chi connectivity index (χ1n) is 10.5. The highest BCUT2D eigenvalue weighted by Gasteiger charge is 2.42. The van der Waals surface area contributed by atoms with Gasteiger partial charge in [0.05, 0.1) is 23.7 Å². The van der Waals surface area contributed by atoms with Crippen LogP contribution in [0.1, 0.15) is 35.4 Å². The lowest BCUT2D eigenvalue weighted by atomic mass is 10.0. The second-order valence-corrected chi connectivity index (χ2v) is 8.90. The lowest BCUT2D eigenvalue weighted by Crippen LogP contribution is -2.44. The van der Waals surface area contributed by atoms with E-state index in [0.29, 0.717) is 41.4 Å². The molecular weight excluding hydrogens is 440 g/mol.